The van der Waals surface area contributed by atoms with E-state index in [0.29, 0.717) is 10.9 Å². The van der Waals surface area contributed by atoms with Gasteiger partial charge in [-0.05, 0) is 48.7 Å². The first-order valence-corrected chi connectivity index (χ1v) is 8.80. The van der Waals surface area contributed by atoms with Crippen molar-refractivity contribution in [3.63, 3.8) is 0 Å². The van der Waals surface area contributed by atoms with Crippen molar-refractivity contribution in [2.45, 2.75) is 31.2 Å². The van der Waals surface area contributed by atoms with Gasteiger partial charge in [-0.25, -0.2) is 9.50 Å². The number of methoxy groups -OCH3 is 1. The molecule has 3 aromatic heterocycles. The van der Waals surface area contributed by atoms with Gasteiger partial charge in [0.1, 0.15) is 5.25 Å². The van der Waals surface area contributed by atoms with Crippen LogP contribution in [0.4, 0.5) is 0 Å². The van der Waals surface area contributed by atoms with Crippen LogP contribution in [-0.4, -0.2) is 32.7 Å². The minimum absolute atomic E-state index is 0.315. The Morgan fingerprint density at radius 2 is 2.13 bits per heavy atom. The van der Waals surface area contributed by atoms with Crippen molar-refractivity contribution in [2.24, 2.45) is 0 Å². The Morgan fingerprint density at radius 3 is 2.78 bits per heavy atom. The second-order valence-electron chi connectivity index (χ2n) is 5.09. The van der Waals surface area contributed by atoms with E-state index in [2.05, 4.69) is 15.1 Å². The summed E-state index contributed by atoms with van der Waals surface area (Å²) >= 11 is 2.81. The average molecular weight is 348 g/mol. The number of rotatable bonds is 4. The lowest BCUT2D eigenvalue weighted by molar-refractivity contribution is -0.140. The van der Waals surface area contributed by atoms with Gasteiger partial charge in [-0.3, -0.25) is 4.79 Å². The molecule has 8 heteroatoms. The molecule has 0 bridgehead atoms. The van der Waals surface area contributed by atoms with Crippen LogP contribution in [0.1, 0.15) is 27.8 Å². The molecule has 0 amide bonds. The normalized spacial score (nSPS) is 12.5. The molecule has 0 aliphatic heterocycles. The number of thioether (sulfide) groups is 1. The van der Waals surface area contributed by atoms with Gasteiger partial charge in [0.05, 0.1) is 7.11 Å². The van der Waals surface area contributed by atoms with Crippen LogP contribution in [0.25, 0.3) is 5.78 Å². The summed E-state index contributed by atoms with van der Waals surface area (Å²) < 4.78 is 6.63. The maximum atomic E-state index is 12.1. The number of aryl methyl sites for hydroxylation is 2. The SMILES string of the molecule is COC(=O)[C@H](Sc1nc2nc(C)c(C)c(C)n2n1)c1ccsc1. The molecule has 0 saturated carbocycles. The molecule has 0 spiro atoms. The van der Waals surface area contributed by atoms with Crippen LogP contribution in [0.15, 0.2) is 22.0 Å². The highest BCUT2D eigenvalue weighted by Crippen LogP contribution is 2.35. The predicted molar refractivity (Wildman–Crippen MR) is 89.9 cm³/mol. The van der Waals surface area contributed by atoms with Gasteiger partial charge in [0.25, 0.3) is 5.78 Å². The number of carbonyl (C=O) groups excluding carboxylic acids is 1. The van der Waals surface area contributed by atoms with Gasteiger partial charge >= 0.3 is 5.97 Å². The Balaban J connectivity index is 1.99. The van der Waals surface area contributed by atoms with E-state index < -0.39 is 5.25 Å². The van der Waals surface area contributed by atoms with Crippen molar-refractivity contribution in [1.29, 1.82) is 0 Å². The Morgan fingerprint density at radius 1 is 1.35 bits per heavy atom. The minimum Gasteiger partial charge on any atom is -0.468 e. The molecule has 0 unspecified atom stereocenters. The van der Waals surface area contributed by atoms with E-state index in [1.54, 1.807) is 4.52 Å². The third-order valence-electron chi connectivity index (χ3n) is 3.73. The van der Waals surface area contributed by atoms with E-state index in [1.807, 2.05) is 37.6 Å². The summed E-state index contributed by atoms with van der Waals surface area (Å²) in [6.45, 7) is 5.94. The first-order valence-electron chi connectivity index (χ1n) is 6.98. The highest BCUT2D eigenvalue weighted by molar-refractivity contribution is 8.00. The monoisotopic (exact) mass is 348 g/mol. The number of hydrogen-bond donors (Lipinski definition) is 0. The zero-order chi connectivity index (χ0) is 16.6. The van der Waals surface area contributed by atoms with Crippen LogP contribution in [-0.2, 0) is 9.53 Å². The summed E-state index contributed by atoms with van der Waals surface area (Å²) in [6.07, 6.45) is 0. The number of aromatic nitrogens is 4. The van der Waals surface area contributed by atoms with E-state index in [4.69, 9.17) is 4.74 Å². The van der Waals surface area contributed by atoms with E-state index >= 15 is 0 Å². The van der Waals surface area contributed by atoms with Crippen molar-refractivity contribution in [3.05, 3.63) is 39.3 Å². The van der Waals surface area contributed by atoms with E-state index in [1.165, 1.54) is 30.2 Å². The maximum Gasteiger partial charge on any atom is 0.323 e. The lowest BCUT2D eigenvalue weighted by Crippen LogP contribution is -2.10. The largest absolute Gasteiger partial charge is 0.468 e. The van der Waals surface area contributed by atoms with Crippen molar-refractivity contribution < 1.29 is 9.53 Å². The van der Waals surface area contributed by atoms with Crippen molar-refractivity contribution in [3.8, 4) is 0 Å². The highest BCUT2D eigenvalue weighted by atomic mass is 32.2. The number of ether oxygens (including phenoxy) is 1. The molecule has 3 rings (SSSR count). The van der Waals surface area contributed by atoms with Crippen LogP contribution in [0.2, 0.25) is 0 Å². The second kappa shape index (κ2) is 6.29. The number of fused-ring (bicyclic) bond motifs is 1. The summed E-state index contributed by atoms with van der Waals surface area (Å²) in [7, 11) is 1.39. The second-order valence-corrected chi connectivity index (χ2v) is 6.94. The van der Waals surface area contributed by atoms with Gasteiger partial charge in [0.2, 0.25) is 5.16 Å². The molecule has 0 radical (unpaired) electrons. The van der Waals surface area contributed by atoms with E-state index in [0.717, 1.165) is 22.5 Å². The summed E-state index contributed by atoms with van der Waals surface area (Å²) in [6, 6.07) is 1.91. The number of hydrogen-bond acceptors (Lipinski definition) is 7. The van der Waals surface area contributed by atoms with Crippen LogP contribution in [0.5, 0.6) is 0 Å². The summed E-state index contributed by atoms with van der Waals surface area (Å²) in [4.78, 5) is 21.0. The summed E-state index contributed by atoms with van der Waals surface area (Å²) in [5, 5.41) is 8.37. The van der Waals surface area contributed by atoms with Gasteiger partial charge in [0, 0.05) is 11.4 Å². The molecule has 120 valence electrons. The smallest absolute Gasteiger partial charge is 0.323 e. The zero-order valence-electron chi connectivity index (χ0n) is 13.2. The van der Waals surface area contributed by atoms with Crippen LogP contribution in [0.3, 0.4) is 0 Å². The Hall–Kier alpha value is -1.93. The Kier molecular flexibility index (Phi) is 4.36. The van der Waals surface area contributed by atoms with Crippen molar-refractivity contribution in [1.82, 2.24) is 19.6 Å². The maximum absolute atomic E-state index is 12.1. The topological polar surface area (TPSA) is 69.4 Å². The van der Waals surface area contributed by atoms with Crippen LogP contribution < -0.4 is 0 Å². The molecule has 0 N–H and O–H groups in total. The summed E-state index contributed by atoms with van der Waals surface area (Å²) in [5.41, 5.74) is 3.90. The molecule has 3 aromatic rings. The standard InChI is InChI=1S/C15H16N4O2S2/c1-8-9(2)16-14-17-15(18-19(14)10(8)3)23-12(13(20)21-4)11-5-6-22-7-11/h5-7,12H,1-4H3/t12-/m1/s1. The molecule has 3 heterocycles. The molecule has 0 aromatic carbocycles. The molecule has 0 saturated heterocycles. The molecule has 0 aliphatic rings. The van der Waals surface area contributed by atoms with E-state index in [-0.39, 0.29) is 5.97 Å². The highest BCUT2D eigenvalue weighted by Gasteiger charge is 2.25. The van der Waals surface area contributed by atoms with Crippen LogP contribution >= 0.6 is 23.1 Å². The third-order valence-corrected chi connectivity index (χ3v) is 5.51. The fraction of sp³-hybridized carbons (Fsp3) is 0.333. The first-order chi connectivity index (χ1) is 11.0. The first kappa shape index (κ1) is 15.9. The predicted octanol–water partition coefficient (Wildman–Crippen LogP) is 3.12. The average Bonchev–Trinajstić information content (AvgIpc) is 3.19. The molecule has 6 nitrogen and oxygen atoms in total. The molecule has 0 fully saturated rings. The molecule has 0 aliphatic carbocycles. The third kappa shape index (κ3) is 2.96. The van der Waals surface area contributed by atoms with E-state index in [9.17, 15) is 4.79 Å². The van der Waals surface area contributed by atoms with Gasteiger partial charge in [0.15, 0.2) is 0 Å². The lowest BCUT2D eigenvalue weighted by Gasteiger charge is -2.10. The minimum atomic E-state index is -0.480. The van der Waals surface area contributed by atoms with Gasteiger partial charge in [-0.15, -0.1) is 5.10 Å². The molecular formula is C15H16N4O2S2. The zero-order valence-corrected chi connectivity index (χ0v) is 14.9. The van der Waals surface area contributed by atoms with Gasteiger partial charge in [-0.1, -0.05) is 11.8 Å². The summed E-state index contributed by atoms with van der Waals surface area (Å²) in [5.74, 6) is 0.228. The molecule has 23 heavy (non-hydrogen) atoms. The number of nitrogens with zero attached hydrogens (tertiary/aromatic N) is 4. The van der Waals surface area contributed by atoms with Crippen molar-refractivity contribution in [2.75, 3.05) is 7.11 Å². The fourth-order valence-corrected chi connectivity index (χ4v) is 3.90. The van der Waals surface area contributed by atoms with Gasteiger partial charge in [-0.2, -0.15) is 16.3 Å². The number of esters is 1. The lowest BCUT2D eigenvalue weighted by atomic mass is 10.2. The molecule has 1 atom stereocenters. The Bertz CT molecular complexity index is 858. The fourth-order valence-electron chi connectivity index (χ4n) is 2.18. The number of carbonyl (C=O) groups is 1. The molecular weight excluding hydrogens is 332 g/mol. The van der Waals surface area contributed by atoms with Crippen LogP contribution in [0, 0.1) is 20.8 Å². The Labute approximate surface area is 141 Å². The quantitative estimate of drug-likeness (QED) is 0.533. The van der Waals surface area contributed by atoms with Crippen molar-refractivity contribution >= 4 is 34.8 Å². The van der Waals surface area contributed by atoms with Gasteiger partial charge < -0.3 is 4.74 Å². The number of thiophene rings is 1.